The number of esters is 1. The van der Waals surface area contributed by atoms with E-state index in [1.54, 1.807) is 0 Å². The van der Waals surface area contributed by atoms with Crippen LogP contribution in [0, 0.1) is 0 Å². The van der Waals surface area contributed by atoms with Crippen LogP contribution in [-0.2, 0) is 14.3 Å². The molecule has 4 N–H and O–H groups in total. The molecule has 0 spiro atoms. The summed E-state index contributed by atoms with van der Waals surface area (Å²) in [7, 11) is 0. The molecule has 0 saturated carbocycles. The highest BCUT2D eigenvalue weighted by molar-refractivity contribution is 6.56. The lowest BCUT2D eigenvalue weighted by Crippen LogP contribution is -2.52. The number of hydrogen-bond donors (Lipinski definition) is 3. The first-order valence-corrected chi connectivity index (χ1v) is 7.25. The Kier molecular flexibility index (Phi) is 4.10. The number of ether oxygens (including phenoxy) is 2. The first kappa shape index (κ1) is 16.3. The van der Waals surface area contributed by atoms with Crippen molar-refractivity contribution in [3.63, 3.8) is 0 Å². The van der Waals surface area contributed by atoms with Gasteiger partial charge >= 0.3 is 5.97 Å². The minimum atomic E-state index is -1.52. The Balaban J connectivity index is 1.75. The molecule has 3 rings (SSSR count). The molecule has 0 aromatic heterocycles. The Bertz CT molecular complexity index is 607. The van der Waals surface area contributed by atoms with Gasteiger partial charge in [-0.25, -0.2) is 9.98 Å². The molecular formula is C12H16ClN5O5. The highest BCUT2D eigenvalue weighted by Gasteiger charge is 2.50. The third-order valence-corrected chi connectivity index (χ3v) is 3.99. The summed E-state index contributed by atoms with van der Waals surface area (Å²) in [6, 6.07) is 0. The van der Waals surface area contributed by atoms with E-state index in [1.807, 2.05) is 0 Å². The number of carbonyl (C=O) groups is 1. The molecule has 0 bridgehead atoms. The van der Waals surface area contributed by atoms with Gasteiger partial charge in [-0.1, -0.05) is 11.6 Å². The summed E-state index contributed by atoms with van der Waals surface area (Å²) in [6.07, 6.45) is -3.05. The summed E-state index contributed by atoms with van der Waals surface area (Å²) >= 11 is 6.05. The third-order valence-electron chi connectivity index (χ3n) is 3.72. The fourth-order valence-corrected chi connectivity index (χ4v) is 2.77. The number of nitrogens with two attached hydrogens (primary N) is 1. The largest absolute Gasteiger partial charge is 0.463 e. The van der Waals surface area contributed by atoms with Crippen LogP contribution in [0.1, 0.15) is 6.92 Å². The minimum Gasteiger partial charge on any atom is -0.463 e. The van der Waals surface area contributed by atoms with E-state index in [0.717, 1.165) is 0 Å². The van der Waals surface area contributed by atoms with Crippen LogP contribution in [0.2, 0.25) is 0 Å². The number of rotatable bonds is 3. The topological polar surface area (TPSA) is 142 Å². The van der Waals surface area contributed by atoms with Gasteiger partial charge in [0.05, 0.1) is 0 Å². The second-order valence-electron chi connectivity index (χ2n) is 5.34. The van der Waals surface area contributed by atoms with Gasteiger partial charge in [0.2, 0.25) is 5.12 Å². The highest BCUT2D eigenvalue weighted by atomic mass is 35.5. The van der Waals surface area contributed by atoms with Gasteiger partial charge in [-0.05, 0) is 0 Å². The Labute approximate surface area is 136 Å². The Morgan fingerprint density at radius 3 is 3.04 bits per heavy atom. The number of amidine groups is 1. The summed E-state index contributed by atoms with van der Waals surface area (Å²) in [5.41, 5.74) is 6.07. The minimum absolute atomic E-state index is 0.0952. The molecule has 5 atom stereocenters. The zero-order valence-electron chi connectivity index (χ0n) is 12.2. The van der Waals surface area contributed by atoms with Crippen molar-refractivity contribution >= 4 is 35.5 Å². The van der Waals surface area contributed by atoms with E-state index < -0.39 is 35.6 Å². The zero-order valence-corrected chi connectivity index (χ0v) is 12.9. The van der Waals surface area contributed by atoms with Gasteiger partial charge in [-0.3, -0.25) is 15.5 Å². The smallest absolute Gasteiger partial charge is 0.302 e. The first-order valence-electron chi connectivity index (χ1n) is 6.87. The van der Waals surface area contributed by atoms with E-state index in [4.69, 9.17) is 26.8 Å². The van der Waals surface area contributed by atoms with E-state index in [2.05, 4.69) is 15.0 Å². The molecule has 126 valence electrons. The molecule has 0 radical (unpaired) electrons. The van der Waals surface area contributed by atoms with Crippen LogP contribution in [0.25, 0.3) is 0 Å². The van der Waals surface area contributed by atoms with E-state index in [-0.39, 0.29) is 19.0 Å². The van der Waals surface area contributed by atoms with Crippen molar-refractivity contribution in [3.05, 3.63) is 0 Å². The molecule has 0 aromatic rings. The lowest BCUT2D eigenvalue weighted by Gasteiger charge is -2.30. The van der Waals surface area contributed by atoms with Crippen molar-refractivity contribution in [2.45, 2.75) is 36.6 Å². The fourth-order valence-electron chi connectivity index (χ4n) is 2.58. The predicted octanol–water partition coefficient (Wildman–Crippen LogP) is -2.00. The maximum absolute atomic E-state index is 10.9. The Morgan fingerprint density at radius 2 is 2.35 bits per heavy atom. The van der Waals surface area contributed by atoms with Crippen molar-refractivity contribution in [1.29, 1.82) is 0 Å². The number of aliphatic hydroxyl groups excluding tert-OH is 2. The van der Waals surface area contributed by atoms with Gasteiger partial charge in [0.15, 0.2) is 12.1 Å². The summed E-state index contributed by atoms with van der Waals surface area (Å²) < 4.78 is 10.4. The lowest BCUT2D eigenvalue weighted by molar-refractivity contribution is -0.147. The van der Waals surface area contributed by atoms with Crippen molar-refractivity contribution < 1.29 is 24.5 Å². The van der Waals surface area contributed by atoms with Crippen molar-refractivity contribution in [2.24, 2.45) is 20.7 Å². The van der Waals surface area contributed by atoms with E-state index in [1.165, 1.54) is 18.2 Å². The van der Waals surface area contributed by atoms with Crippen molar-refractivity contribution in [2.75, 3.05) is 13.3 Å². The van der Waals surface area contributed by atoms with E-state index in [9.17, 15) is 15.0 Å². The molecule has 0 amide bonds. The molecule has 10 nitrogen and oxygen atoms in total. The SMILES string of the molecule is CC(=O)OC[C@H]1O[C@@H](N2CN=C3C2=NC=NC3(N)Cl)[C@H](O)[C@@H]1O. The second kappa shape index (κ2) is 5.80. The molecular weight excluding hydrogens is 330 g/mol. The van der Waals surface area contributed by atoms with Crippen LogP contribution in [0.4, 0.5) is 0 Å². The number of carbonyl (C=O) groups excluding carboxylic acids is 1. The molecule has 0 aliphatic carbocycles. The average Bonchev–Trinajstić information content (AvgIpc) is 3.01. The number of hydrogen-bond acceptors (Lipinski definition) is 10. The summed E-state index contributed by atoms with van der Waals surface area (Å²) in [5.74, 6) is -0.185. The van der Waals surface area contributed by atoms with Gasteiger partial charge < -0.3 is 24.6 Å². The van der Waals surface area contributed by atoms with Crippen molar-refractivity contribution in [3.8, 4) is 0 Å². The molecule has 3 heterocycles. The molecule has 1 saturated heterocycles. The van der Waals surface area contributed by atoms with Crippen molar-refractivity contribution in [1.82, 2.24) is 4.90 Å². The molecule has 3 aliphatic heterocycles. The normalized spacial score (nSPS) is 39.1. The summed E-state index contributed by atoms with van der Waals surface area (Å²) in [6.45, 7) is 1.17. The van der Waals surface area contributed by atoms with Crippen LogP contribution in [0.15, 0.2) is 15.0 Å². The van der Waals surface area contributed by atoms with Gasteiger partial charge in [0.25, 0.3) is 0 Å². The maximum atomic E-state index is 10.9. The Morgan fingerprint density at radius 1 is 1.61 bits per heavy atom. The molecule has 1 unspecified atom stereocenters. The van der Waals surface area contributed by atoms with E-state index in [0.29, 0.717) is 5.84 Å². The third kappa shape index (κ3) is 2.83. The molecule has 1 fully saturated rings. The standard InChI is InChI=1S/C12H16ClN5O5/c1-5(19)22-2-6-7(20)8(21)11(23-6)18-4-16-9-10(18)15-3-17-12(9,13)14/h3,6-8,11,20-21H,2,4,14H2,1H3/t6-,7-,8-,11-,12?/m1/s1. The van der Waals surface area contributed by atoms with Crippen LogP contribution < -0.4 is 5.73 Å². The van der Waals surface area contributed by atoms with Gasteiger partial charge in [0, 0.05) is 6.92 Å². The van der Waals surface area contributed by atoms with Crippen LogP contribution in [-0.4, -0.2) is 81.9 Å². The summed E-state index contributed by atoms with van der Waals surface area (Å²) in [4.78, 5) is 24.5. The number of nitrogens with zero attached hydrogens (tertiary/aromatic N) is 4. The van der Waals surface area contributed by atoms with Crippen LogP contribution in [0.3, 0.4) is 0 Å². The predicted molar refractivity (Wildman–Crippen MR) is 80.1 cm³/mol. The van der Waals surface area contributed by atoms with Crippen LogP contribution >= 0.6 is 11.6 Å². The number of halogens is 1. The highest BCUT2D eigenvalue weighted by Crippen LogP contribution is 2.29. The Hall–Kier alpha value is -1.59. The lowest BCUT2D eigenvalue weighted by atomic mass is 10.1. The maximum Gasteiger partial charge on any atom is 0.302 e. The molecule has 0 aromatic carbocycles. The fraction of sp³-hybridized carbons (Fsp3) is 0.667. The quantitative estimate of drug-likeness (QED) is 0.305. The second-order valence-corrected chi connectivity index (χ2v) is 5.91. The number of aliphatic imine (C=N–C) groups is 3. The van der Waals surface area contributed by atoms with Gasteiger partial charge in [-0.2, -0.15) is 0 Å². The van der Waals surface area contributed by atoms with E-state index >= 15 is 0 Å². The molecule has 3 aliphatic rings. The number of alkyl halides is 1. The summed E-state index contributed by atoms with van der Waals surface area (Å²) in [5, 5.41) is 18.7. The first-order chi connectivity index (χ1) is 10.8. The zero-order chi connectivity index (χ0) is 16.8. The van der Waals surface area contributed by atoms with Gasteiger partial charge in [-0.15, -0.1) is 0 Å². The monoisotopic (exact) mass is 345 g/mol. The number of aliphatic hydroxyl groups is 2. The molecule has 23 heavy (non-hydrogen) atoms. The van der Waals surface area contributed by atoms with Gasteiger partial charge in [0.1, 0.15) is 43.6 Å². The number of fused-ring (bicyclic) bond motifs is 1. The molecule has 11 heteroatoms. The average molecular weight is 346 g/mol. The van der Waals surface area contributed by atoms with Crippen LogP contribution in [0.5, 0.6) is 0 Å².